The molecule has 0 bridgehead atoms. The number of amides is 1. The highest BCUT2D eigenvalue weighted by atomic mass is 32.2. The third kappa shape index (κ3) is 6.34. The fourth-order valence-corrected chi connectivity index (χ4v) is 4.60. The first-order chi connectivity index (χ1) is 19.1. The number of ether oxygens (including phenoxy) is 2. The van der Waals surface area contributed by atoms with E-state index in [9.17, 15) is 9.59 Å². The van der Waals surface area contributed by atoms with Gasteiger partial charge in [-0.3, -0.25) is 14.2 Å². The lowest BCUT2D eigenvalue weighted by molar-refractivity contribution is -0.118. The topological polar surface area (TPSA) is 94.8 Å². The van der Waals surface area contributed by atoms with Gasteiger partial charge in [0.05, 0.1) is 35.7 Å². The number of fused-ring (bicyclic) bond motifs is 1. The maximum Gasteiger partial charge on any atom is 0.266 e. The summed E-state index contributed by atoms with van der Waals surface area (Å²) in [5.41, 5.74) is 4.26. The fourth-order valence-electron chi connectivity index (χ4n) is 3.79. The van der Waals surface area contributed by atoms with Crippen molar-refractivity contribution in [3.8, 4) is 22.9 Å². The zero-order chi connectivity index (χ0) is 27.0. The molecule has 1 heterocycles. The van der Waals surface area contributed by atoms with E-state index in [-0.39, 0.29) is 17.2 Å². The first-order valence-corrected chi connectivity index (χ1v) is 13.0. The van der Waals surface area contributed by atoms with Gasteiger partial charge in [0.2, 0.25) is 0 Å². The Morgan fingerprint density at radius 2 is 1.67 bits per heavy atom. The molecule has 4 aromatic carbocycles. The minimum Gasteiger partial charge on any atom is -0.497 e. The first kappa shape index (κ1) is 25.7. The number of rotatable bonds is 9. The SMILES string of the molecule is COc1ccc(-n2c(SCC(=O)N/N=C\c3cccc(Oc4ccccc4)c3)nc3ccccc3c2=O)cc1. The predicted molar refractivity (Wildman–Crippen MR) is 153 cm³/mol. The lowest BCUT2D eigenvalue weighted by Gasteiger charge is -2.13. The van der Waals surface area contributed by atoms with Gasteiger partial charge >= 0.3 is 0 Å². The summed E-state index contributed by atoms with van der Waals surface area (Å²) in [4.78, 5) is 30.6. The largest absolute Gasteiger partial charge is 0.497 e. The van der Waals surface area contributed by atoms with Crippen molar-refractivity contribution < 1.29 is 14.3 Å². The van der Waals surface area contributed by atoms with E-state index in [1.54, 1.807) is 55.8 Å². The molecule has 0 radical (unpaired) electrons. The van der Waals surface area contributed by atoms with Gasteiger partial charge in [0.1, 0.15) is 17.2 Å². The summed E-state index contributed by atoms with van der Waals surface area (Å²) in [6.07, 6.45) is 1.54. The number of hydrogen-bond donors (Lipinski definition) is 1. The molecule has 39 heavy (non-hydrogen) atoms. The molecular formula is C30H24N4O4S. The third-order valence-electron chi connectivity index (χ3n) is 5.65. The zero-order valence-electron chi connectivity index (χ0n) is 21.0. The van der Waals surface area contributed by atoms with Crippen LogP contribution >= 0.6 is 11.8 Å². The average molecular weight is 537 g/mol. The number of hydrogen-bond acceptors (Lipinski definition) is 7. The molecule has 0 saturated carbocycles. The highest BCUT2D eigenvalue weighted by Gasteiger charge is 2.15. The second-order valence-electron chi connectivity index (χ2n) is 8.32. The number of nitrogens with zero attached hydrogens (tertiary/aromatic N) is 3. The number of aromatic nitrogens is 2. The molecule has 194 valence electrons. The number of para-hydroxylation sites is 2. The van der Waals surface area contributed by atoms with Crippen LogP contribution in [0.4, 0.5) is 0 Å². The van der Waals surface area contributed by atoms with Gasteiger partial charge in [0.25, 0.3) is 11.5 Å². The average Bonchev–Trinajstić information content (AvgIpc) is 2.97. The molecule has 0 aliphatic heterocycles. The van der Waals surface area contributed by atoms with E-state index in [2.05, 4.69) is 15.5 Å². The number of hydrazone groups is 1. The summed E-state index contributed by atoms with van der Waals surface area (Å²) in [6, 6.07) is 31.1. The molecule has 0 aliphatic rings. The molecule has 0 unspecified atom stereocenters. The van der Waals surface area contributed by atoms with Crippen molar-refractivity contribution in [2.45, 2.75) is 5.16 Å². The van der Waals surface area contributed by atoms with Gasteiger partial charge < -0.3 is 9.47 Å². The Bertz CT molecular complexity index is 1690. The van der Waals surface area contributed by atoms with Crippen molar-refractivity contribution in [3.05, 3.63) is 119 Å². The fraction of sp³-hybridized carbons (Fsp3) is 0.0667. The van der Waals surface area contributed by atoms with Crippen LogP contribution in [0.15, 0.2) is 118 Å². The number of carbonyl (C=O) groups excluding carboxylic acids is 1. The van der Waals surface area contributed by atoms with Gasteiger partial charge in [-0.1, -0.05) is 54.2 Å². The standard InChI is InChI=1S/C30H24N4O4S/c1-37-23-16-14-22(15-17-23)34-29(36)26-12-5-6-13-27(26)32-30(34)39-20-28(35)33-31-19-21-8-7-11-25(18-21)38-24-9-3-2-4-10-24/h2-19H,20H2,1H3,(H,33,35)/b31-19-. The van der Waals surface area contributed by atoms with Crippen molar-refractivity contribution >= 4 is 34.8 Å². The molecule has 0 atom stereocenters. The minimum absolute atomic E-state index is 0.00936. The van der Waals surface area contributed by atoms with Crippen LogP contribution in [0.2, 0.25) is 0 Å². The number of carbonyl (C=O) groups is 1. The highest BCUT2D eigenvalue weighted by molar-refractivity contribution is 7.99. The van der Waals surface area contributed by atoms with Crippen molar-refractivity contribution in [2.75, 3.05) is 12.9 Å². The molecule has 0 spiro atoms. The lowest BCUT2D eigenvalue weighted by Crippen LogP contribution is -2.24. The van der Waals surface area contributed by atoms with Crippen LogP contribution < -0.4 is 20.5 Å². The van der Waals surface area contributed by atoms with Crippen LogP contribution in [0, 0.1) is 0 Å². The maximum absolute atomic E-state index is 13.4. The van der Waals surface area contributed by atoms with Crippen molar-refractivity contribution in [1.82, 2.24) is 15.0 Å². The van der Waals surface area contributed by atoms with E-state index in [4.69, 9.17) is 9.47 Å². The first-order valence-electron chi connectivity index (χ1n) is 12.0. The second-order valence-corrected chi connectivity index (χ2v) is 9.26. The Hall–Kier alpha value is -4.89. The number of methoxy groups -OCH3 is 1. The van der Waals surface area contributed by atoms with Crippen LogP contribution in [-0.2, 0) is 4.79 Å². The van der Waals surface area contributed by atoms with E-state index in [1.165, 1.54) is 4.57 Å². The molecule has 1 aromatic heterocycles. The van der Waals surface area contributed by atoms with E-state index in [0.717, 1.165) is 23.1 Å². The molecule has 0 fully saturated rings. The second kappa shape index (κ2) is 12.1. The van der Waals surface area contributed by atoms with Gasteiger partial charge in [-0.25, -0.2) is 10.4 Å². The van der Waals surface area contributed by atoms with Crippen LogP contribution in [0.3, 0.4) is 0 Å². The van der Waals surface area contributed by atoms with Gasteiger partial charge in [0.15, 0.2) is 5.16 Å². The Labute approximate surface area is 228 Å². The smallest absolute Gasteiger partial charge is 0.266 e. The summed E-state index contributed by atoms with van der Waals surface area (Å²) in [5, 5.41) is 4.96. The Balaban J connectivity index is 1.28. The van der Waals surface area contributed by atoms with Gasteiger partial charge in [0, 0.05) is 0 Å². The molecule has 0 aliphatic carbocycles. The van der Waals surface area contributed by atoms with Crippen LogP contribution in [0.25, 0.3) is 16.6 Å². The highest BCUT2D eigenvalue weighted by Crippen LogP contribution is 2.23. The van der Waals surface area contributed by atoms with Gasteiger partial charge in [-0.2, -0.15) is 5.10 Å². The van der Waals surface area contributed by atoms with Gasteiger partial charge in [-0.05, 0) is 66.2 Å². The Morgan fingerprint density at radius 1 is 0.923 bits per heavy atom. The summed E-state index contributed by atoms with van der Waals surface area (Å²) in [7, 11) is 1.58. The summed E-state index contributed by atoms with van der Waals surface area (Å²) < 4.78 is 12.6. The summed E-state index contributed by atoms with van der Waals surface area (Å²) in [6.45, 7) is 0. The minimum atomic E-state index is -0.336. The van der Waals surface area contributed by atoms with Crippen molar-refractivity contribution in [3.63, 3.8) is 0 Å². The third-order valence-corrected chi connectivity index (χ3v) is 6.59. The molecule has 8 nitrogen and oxygen atoms in total. The molecule has 5 aromatic rings. The van der Waals surface area contributed by atoms with E-state index < -0.39 is 0 Å². The van der Waals surface area contributed by atoms with E-state index in [1.807, 2.05) is 60.7 Å². The van der Waals surface area contributed by atoms with Crippen molar-refractivity contribution in [2.24, 2.45) is 5.10 Å². The Morgan fingerprint density at radius 3 is 2.46 bits per heavy atom. The van der Waals surface area contributed by atoms with E-state index in [0.29, 0.717) is 33.2 Å². The molecule has 0 saturated heterocycles. The summed E-state index contributed by atoms with van der Waals surface area (Å²) >= 11 is 1.15. The predicted octanol–water partition coefficient (Wildman–Crippen LogP) is 5.43. The number of nitrogens with one attached hydrogen (secondary N) is 1. The molecule has 1 N–H and O–H groups in total. The van der Waals surface area contributed by atoms with Crippen molar-refractivity contribution in [1.29, 1.82) is 0 Å². The molecule has 1 amide bonds. The summed E-state index contributed by atoms with van der Waals surface area (Å²) in [5.74, 6) is 1.73. The lowest BCUT2D eigenvalue weighted by atomic mass is 10.2. The van der Waals surface area contributed by atoms with Crippen LogP contribution in [0.5, 0.6) is 17.2 Å². The normalized spacial score (nSPS) is 11.0. The zero-order valence-corrected chi connectivity index (χ0v) is 21.8. The van der Waals surface area contributed by atoms with Crippen LogP contribution in [-0.4, -0.2) is 34.5 Å². The quantitative estimate of drug-likeness (QED) is 0.117. The molecule has 9 heteroatoms. The number of thioether (sulfide) groups is 1. The van der Waals surface area contributed by atoms with Crippen LogP contribution in [0.1, 0.15) is 5.56 Å². The van der Waals surface area contributed by atoms with Gasteiger partial charge in [-0.15, -0.1) is 0 Å². The van der Waals surface area contributed by atoms with E-state index >= 15 is 0 Å². The monoisotopic (exact) mass is 536 g/mol. The molecule has 5 rings (SSSR count). The Kier molecular flexibility index (Phi) is 7.99. The maximum atomic E-state index is 13.4. The number of benzene rings is 4. The molecular weight excluding hydrogens is 512 g/mol.